The van der Waals surface area contributed by atoms with Crippen molar-refractivity contribution in [3.8, 4) is 0 Å². The minimum atomic E-state index is 1.18. The minimum Gasteiger partial charge on any atom is -0.0882 e. The quantitative estimate of drug-likeness (QED) is 0.574. The maximum Gasteiger partial charge on any atom is -0.0228 e. The van der Waals surface area contributed by atoms with Gasteiger partial charge in [0.05, 0.1) is 0 Å². The summed E-state index contributed by atoms with van der Waals surface area (Å²) in [6, 6.07) is 10.7. The van der Waals surface area contributed by atoms with Crippen molar-refractivity contribution in [1.29, 1.82) is 0 Å². The number of allylic oxidation sites excluding steroid dienone is 4. The van der Waals surface area contributed by atoms with Crippen molar-refractivity contribution < 1.29 is 0 Å². The summed E-state index contributed by atoms with van der Waals surface area (Å²) in [4.78, 5) is 0. The molecule has 0 radical (unpaired) electrons. The molecule has 1 aliphatic rings. The molecule has 0 unspecified atom stereocenters. The summed E-state index contributed by atoms with van der Waals surface area (Å²) < 4.78 is 0. The van der Waals surface area contributed by atoms with Crippen LogP contribution in [-0.4, -0.2) is 0 Å². The third-order valence-corrected chi connectivity index (χ3v) is 2.62. The second kappa shape index (κ2) is 4.80. The molecule has 1 aromatic rings. The van der Waals surface area contributed by atoms with Crippen LogP contribution in [-0.2, 0) is 0 Å². The first-order valence-corrected chi connectivity index (χ1v) is 5.36. The van der Waals surface area contributed by atoms with E-state index < -0.39 is 0 Å². The van der Waals surface area contributed by atoms with Gasteiger partial charge in [0, 0.05) is 0 Å². The highest BCUT2D eigenvalue weighted by molar-refractivity contribution is 5.65. The van der Waals surface area contributed by atoms with E-state index in [0.29, 0.717) is 0 Å². The predicted octanol–water partition coefficient (Wildman–Crippen LogP) is 4.20. The maximum absolute atomic E-state index is 2.39. The lowest BCUT2D eigenvalue weighted by Gasteiger charge is -2.08. The molecule has 0 atom stereocenters. The fourth-order valence-electron chi connectivity index (χ4n) is 1.84. The van der Waals surface area contributed by atoms with Crippen molar-refractivity contribution in [1.82, 2.24) is 0 Å². The first-order valence-electron chi connectivity index (χ1n) is 5.36. The highest BCUT2D eigenvalue weighted by atomic mass is 14.1. The Morgan fingerprint density at radius 3 is 2.43 bits per heavy atom. The Labute approximate surface area is 86.0 Å². The molecule has 0 heteroatoms. The van der Waals surface area contributed by atoms with Crippen LogP contribution in [0.25, 0.3) is 5.57 Å². The fourth-order valence-corrected chi connectivity index (χ4v) is 1.84. The molecule has 0 aromatic heterocycles. The molecule has 0 N–H and O–H groups in total. The molecule has 0 nitrogen and oxygen atoms in total. The molecule has 14 heavy (non-hydrogen) atoms. The van der Waals surface area contributed by atoms with Crippen LogP contribution < -0.4 is 0 Å². The summed E-state index contributed by atoms with van der Waals surface area (Å²) in [6.45, 7) is 0. The molecular weight excluding hydrogens is 168 g/mol. The number of hydrogen-bond acceptors (Lipinski definition) is 0. The topological polar surface area (TPSA) is 0 Å². The van der Waals surface area contributed by atoms with Gasteiger partial charge in [-0.3, -0.25) is 0 Å². The Kier molecular flexibility index (Phi) is 3.18. The van der Waals surface area contributed by atoms with Gasteiger partial charge in [0.1, 0.15) is 0 Å². The highest BCUT2D eigenvalue weighted by Crippen LogP contribution is 2.22. The van der Waals surface area contributed by atoms with E-state index in [-0.39, 0.29) is 0 Å². The van der Waals surface area contributed by atoms with Gasteiger partial charge < -0.3 is 0 Å². The van der Waals surface area contributed by atoms with E-state index in [1.165, 1.54) is 36.8 Å². The standard InChI is InChI=1S/C14H16/c1-2-5-9-13(10-6-3-1)14-11-7-4-8-12-14/h1-2,4,7-8,10-12H,3,5-6,9H2/b2-1-,13-10-. The van der Waals surface area contributed by atoms with Gasteiger partial charge in [-0.05, 0) is 36.8 Å². The number of rotatable bonds is 1. The normalized spacial score (nSPS) is 23.0. The Bertz CT molecular complexity index is 330. The van der Waals surface area contributed by atoms with Gasteiger partial charge in [-0.25, -0.2) is 0 Å². The molecule has 0 bridgehead atoms. The first-order chi connectivity index (χ1) is 6.97. The van der Waals surface area contributed by atoms with Gasteiger partial charge in [0.2, 0.25) is 0 Å². The molecule has 0 fully saturated rings. The van der Waals surface area contributed by atoms with Gasteiger partial charge in [0.25, 0.3) is 0 Å². The second-order valence-electron chi connectivity index (χ2n) is 3.68. The van der Waals surface area contributed by atoms with Crippen molar-refractivity contribution in [3.05, 3.63) is 54.1 Å². The molecule has 0 aliphatic heterocycles. The van der Waals surface area contributed by atoms with E-state index in [1.54, 1.807) is 0 Å². The molecule has 2 rings (SSSR count). The zero-order chi connectivity index (χ0) is 9.64. The number of hydrogen-bond donors (Lipinski definition) is 0. The van der Waals surface area contributed by atoms with Crippen molar-refractivity contribution in [3.63, 3.8) is 0 Å². The molecule has 1 aromatic carbocycles. The van der Waals surface area contributed by atoms with Crippen LogP contribution >= 0.6 is 0 Å². The molecule has 0 saturated heterocycles. The summed E-state index contributed by atoms with van der Waals surface area (Å²) >= 11 is 0. The van der Waals surface area contributed by atoms with E-state index in [2.05, 4.69) is 48.6 Å². The van der Waals surface area contributed by atoms with E-state index >= 15 is 0 Å². The lowest BCUT2D eigenvalue weighted by Crippen LogP contribution is -1.86. The number of benzene rings is 1. The summed E-state index contributed by atoms with van der Waals surface area (Å²) in [5, 5.41) is 0. The average Bonchev–Trinajstić information content (AvgIpc) is 2.18. The van der Waals surface area contributed by atoms with E-state index in [0.717, 1.165) is 0 Å². The largest absolute Gasteiger partial charge is 0.0882 e. The Hall–Kier alpha value is -1.30. The van der Waals surface area contributed by atoms with Gasteiger partial charge >= 0.3 is 0 Å². The van der Waals surface area contributed by atoms with Crippen LogP contribution in [0.15, 0.2) is 48.6 Å². The molecule has 72 valence electrons. The van der Waals surface area contributed by atoms with E-state index in [1.807, 2.05) is 0 Å². The smallest absolute Gasteiger partial charge is 0.0228 e. The van der Waals surface area contributed by atoms with Crippen molar-refractivity contribution in [2.75, 3.05) is 0 Å². The Morgan fingerprint density at radius 1 is 0.786 bits per heavy atom. The monoisotopic (exact) mass is 184 g/mol. The Balaban J connectivity index is 2.17. The van der Waals surface area contributed by atoms with Crippen LogP contribution in [0.4, 0.5) is 0 Å². The summed E-state index contributed by atoms with van der Waals surface area (Å²) in [6.07, 6.45) is 11.7. The minimum absolute atomic E-state index is 1.18. The van der Waals surface area contributed by atoms with Crippen LogP contribution in [0.5, 0.6) is 0 Å². The molecule has 0 heterocycles. The van der Waals surface area contributed by atoms with E-state index in [4.69, 9.17) is 0 Å². The third-order valence-electron chi connectivity index (χ3n) is 2.62. The molecule has 1 aliphatic carbocycles. The van der Waals surface area contributed by atoms with Crippen LogP contribution in [0, 0.1) is 0 Å². The SMILES string of the molecule is C1=C\CC/C(c2ccccc2)=C/CC/1. The predicted molar refractivity (Wildman–Crippen MR) is 62.0 cm³/mol. The molecule has 0 saturated carbocycles. The van der Waals surface area contributed by atoms with Crippen LogP contribution in [0.1, 0.15) is 31.2 Å². The van der Waals surface area contributed by atoms with Crippen molar-refractivity contribution in [2.45, 2.75) is 25.7 Å². The van der Waals surface area contributed by atoms with Gasteiger partial charge in [-0.2, -0.15) is 0 Å². The van der Waals surface area contributed by atoms with Crippen LogP contribution in [0.2, 0.25) is 0 Å². The summed E-state index contributed by atoms with van der Waals surface area (Å²) in [5.74, 6) is 0. The van der Waals surface area contributed by atoms with Crippen molar-refractivity contribution >= 4 is 5.57 Å². The summed E-state index contributed by atoms with van der Waals surface area (Å²) in [5.41, 5.74) is 2.90. The fraction of sp³-hybridized carbons (Fsp3) is 0.286. The van der Waals surface area contributed by atoms with Crippen LogP contribution in [0.3, 0.4) is 0 Å². The van der Waals surface area contributed by atoms with Gasteiger partial charge in [-0.1, -0.05) is 48.6 Å². The van der Waals surface area contributed by atoms with Gasteiger partial charge in [-0.15, -0.1) is 0 Å². The van der Waals surface area contributed by atoms with Crippen molar-refractivity contribution in [2.24, 2.45) is 0 Å². The molecular formula is C14H16. The summed E-state index contributed by atoms with van der Waals surface area (Å²) in [7, 11) is 0. The second-order valence-corrected chi connectivity index (χ2v) is 3.68. The van der Waals surface area contributed by atoms with Gasteiger partial charge in [0.15, 0.2) is 0 Å². The highest BCUT2D eigenvalue weighted by Gasteiger charge is 2.00. The zero-order valence-electron chi connectivity index (χ0n) is 8.45. The molecule has 0 spiro atoms. The Morgan fingerprint density at radius 2 is 1.57 bits per heavy atom. The molecule has 0 amide bonds. The van der Waals surface area contributed by atoms with E-state index in [9.17, 15) is 0 Å². The average molecular weight is 184 g/mol. The lowest BCUT2D eigenvalue weighted by molar-refractivity contribution is 0.975. The zero-order valence-corrected chi connectivity index (χ0v) is 8.45. The third kappa shape index (κ3) is 2.35. The maximum atomic E-state index is 2.39. The first kappa shape index (κ1) is 9.26. The lowest BCUT2D eigenvalue weighted by atomic mass is 9.98.